The van der Waals surface area contributed by atoms with Crippen molar-refractivity contribution in [2.45, 2.75) is 38.4 Å². The van der Waals surface area contributed by atoms with Crippen molar-refractivity contribution in [2.24, 2.45) is 0 Å². The highest BCUT2D eigenvalue weighted by molar-refractivity contribution is 6.31. The summed E-state index contributed by atoms with van der Waals surface area (Å²) in [5.41, 5.74) is 0.744. The van der Waals surface area contributed by atoms with Gasteiger partial charge in [-0.25, -0.2) is 14.4 Å². The number of nitro groups is 1. The number of nitrogens with zero attached hydrogens (tertiary/aromatic N) is 3. The lowest BCUT2D eigenvalue weighted by Gasteiger charge is -2.22. The molecule has 3 aromatic rings. The topological polar surface area (TPSA) is 109 Å². The van der Waals surface area contributed by atoms with E-state index in [4.69, 9.17) is 25.8 Å². The van der Waals surface area contributed by atoms with Crippen LogP contribution in [-0.2, 0) is 9.47 Å². The first-order valence-corrected chi connectivity index (χ1v) is 11.4. The predicted molar refractivity (Wildman–Crippen MR) is 125 cm³/mol. The van der Waals surface area contributed by atoms with Crippen molar-refractivity contribution in [2.75, 3.05) is 25.1 Å². The summed E-state index contributed by atoms with van der Waals surface area (Å²) in [6, 6.07) is 6.99. The number of nitro benzene ring substituents is 1. The third kappa shape index (κ3) is 6.07. The smallest absolute Gasteiger partial charge is 0.311 e. The van der Waals surface area contributed by atoms with Crippen molar-refractivity contribution in [3.63, 3.8) is 0 Å². The molecule has 1 N–H and O–H groups in total. The van der Waals surface area contributed by atoms with E-state index in [0.29, 0.717) is 42.0 Å². The molecular formula is C23H24ClFN4O5. The van der Waals surface area contributed by atoms with Gasteiger partial charge in [-0.2, -0.15) is 0 Å². The third-order valence-corrected chi connectivity index (χ3v) is 5.62. The minimum absolute atomic E-state index is 0.0540. The van der Waals surface area contributed by atoms with Crippen LogP contribution >= 0.6 is 11.6 Å². The molecule has 1 aliphatic rings. The van der Waals surface area contributed by atoms with E-state index in [1.807, 2.05) is 0 Å². The van der Waals surface area contributed by atoms with E-state index >= 15 is 0 Å². The number of nitrogens with one attached hydrogen (secondary N) is 1. The van der Waals surface area contributed by atoms with E-state index < -0.39 is 10.7 Å². The van der Waals surface area contributed by atoms with Gasteiger partial charge in [0, 0.05) is 31.0 Å². The standard InChI is InChI=1S/C23H24ClFN4O5/c24-17-11-15(6-7-18(17)25)28-23-16-12-20(29(30)31)21(13-19(16)26-14-27-23)32-8-3-4-10-34-22-5-1-2-9-33-22/h6-7,11-14,22H,1-5,8-10H2,(H,26,27,28). The van der Waals surface area contributed by atoms with Gasteiger partial charge in [0.05, 0.1) is 27.5 Å². The molecule has 9 nitrogen and oxygen atoms in total. The number of anilines is 2. The molecule has 0 aliphatic carbocycles. The Morgan fingerprint density at radius 2 is 2.06 bits per heavy atom. The normalized spacial score (nSPS) is 15.9. The van der Waals surface area contributed by atoms with Crippen molar-refractivity contribution in [3.8, 4) is 5.75 Å². The van der Waals surface area contributed by atoms with Crippen LogP contribution in [0.5, 0.6) is 5.75 Å². The average molecular weight is 491 g/mol. The molecule has 4 rings (SSSR count). The summed E-state index contributed by atoms with van der Waals surface area (Å²) >= 11 is 5.84. The van der Waals surface area contributed by atoms with Crippen LogP contribution in [-0.4, -0.2) is 41.0 Å². The van der Waals surface area contributed by atoms with Gasteiger partial charge >= 0.3 is 5.69 Å². The highest BCUT2D eigenvalue weighted by atomic mass is 35.5. The summed E-state index contributed by atoms with van der Waals surface area (Å²) in [6.45, 7) is 1.58. The Balaban J connectivity index is 1.42. The van der Waals surface area contributed by atoms with E-state index in [-0.39, 0.29) is 22.7 Å². The SMILES string of the molecule is O=[N+]([O-])c1cc2c(Nc3ccc(F)c(Cl)c3)ncnc2cc1OCCCCOC1CCCCO1. The number of fused-ring (bicyclic) bond motifs is 1. The van der Waals surface area contributed by atoms with Crippen LogP contribution in [0.25, 0.3) is 10.9 Å². The van der Waals surface area contributed by atoms with Gasteiger partial charge in [0.1, 0.15) is 18.0 Å². The molecule has 1 aromatic heterocycles. The first kappa shape index (κ1) is 24.1. The summed E-state index contributed by atoms with van der Waals surface area (Å²) in [6.07, 6.45) is 5.70. The Kier molecular flexibility index (Phi) is 8.04. The van der Waals surface area contributed by atoms with E-state index in [9.17, 15) is 14.5 Å². The molecule has 1 unspecified atom stereocenters. The van der Waals surface area contributed by atoms with E-state index in [2.05, 4.69) is 15.3 Å². The summed E-state index contributed by atoms with van der Waals surface area (Å²) in [5.74, 6) is -0.0982. The number of halogens is 2. The van der Waals surface area contributed by atoms with Crippen LogP contribution < -0.4 is 10.1 Å². The Labute approximate surface area is 200 Å². The molecule has 1 aliphatic heterocycles. The second kappa shape index (κ2) is 11.4. The fourth-order valence-corrected chi connectivity index (χ4v) is 3.77. The number of ether oxygens (including phenoxy) is 3. The molecule has 1 fully saturated rings. The molecule has 0 bridgehead atoms. The number of unbranched alkanes of at least 4 members (excludes halogenated alkanes) is 1. The minimum atomic E-state index is -0.550. The molecule has 180 valence electrons. The summed E-state index contributed by atoms with van der Waals surface area (Å²) in [4.78, 5) is 19.6. The Bertz CT molecular complexity index is 1160. The van der Waals surface area contributed by atoms with Crippen LogP contribution in [0.3, 0.4) is 0 Å². The van der Waals surface area contributed by atoms with Crippen molar-refractivity contribution in [3.05, 3.63) is 57.6 Å². The fraction of sp³-hybridized carbons (Fsp3) is 0.391. The Hall–Kier alpha value is -3.08. The number of rotatable bonds is 10. The molecule has 1 saturated heterocycles. The van der Waals surface area contributed by atoms with E-state index in [0.717, 1.165) is 32.3 Å². The molecule has 0 spiro atoms. The third-order valence-electron chi connectivity index (χ3n) is 5.33. The number of hydrogen-bond acceptors (Lipinski definition) is 8. The molecule has 0 radical (unpaired) electrons. The summed E-state index contributed by atoms with van der Waals surface area (Å²) < 4.78 is 30.4. The van der Waals surface area contributed by atoms with Gasteiger partial charge in [-0.15, -0.1) is 0 Å². The minimum Gasteiger partial charge on any atom is -0.487 e. The van der Waals surface area contributed by atoms with Gasteiger partial charge < -0.3 is 19.5 Å². The highest BCUT2D eigenvalue weighted by Gasteiger charge is 2.20. The van der Waals surface area contributed by atoms with Crippen molar-refractivity contribution < 1.29 is 23.5 Å². The van der Waals surface area contributed by atoms with Gasteiger partial charge in [-0.05, 0) is 50.3 Å². The van der Waals surface area contributed by atoms with Gasteiger partial charge in [0.25, 0.3) is 0 Å². The number of benzene rings is 2. The van der Waals surface area contributed by atoms with Gasteiger partial charge in [-0.1, -0.05) is 11.6 Å². The zero-order valence-electron chi connectivity index (χ0n) is 18.3. The summed E-state index contributed by atoms with van der Waals surface area (Å²) in [5, 5.41) is 15.1. The van der Waals surface area contributed by atoms with Crippen LogP contribution in [0.1, 0.15) is 32.1 Å². The molecule has 2 aromatic carbocycles. The van der Waals surface area contributed by atoms with Crippen molar-refractivity contribution in [1.82, 2.24) is 9.97 Å². The maximum absolute atomic E-state index is 13.4. The number of hydrogen-bond donors (Lipinski definition) is 1. The van der Waals surface area contributed by atoms with Crippen molar-refractivity contribution in [1.29, 1.82) is 0 Å². The number of aromatic nitrogens is 2. The first-order chi connectivity index (χ1) is 16.5. The fourth-order valence-electron chi connectivity index (χ4n) is 3.58. The molecular weight excluding hydrogens is 467 g/mol. The molecule has 11 heteroatoms. The van der Waals surface area contributed by atoms with E-state index in [1.165, 1.54) is 36.7 Å². The zero-order valence-corrected chi connectivity index (χ0v) is 19.1. The predicted octanol–water partition coefficient (Wildman–Crippen LogP) is 5.78. The molecule has 2 heterocycles. The lowest BCUT2D eigenvalue weighted by molar-refractivity contribution is -0.385. The lowest BCUT2D eigenvalue weighted by atomic mass is 10.2. The van der Waals surface area contributed by atoms with E-state index in [1.54, 1.807) is 0 Å². The molecule has 0 saturated carbocycles. The molecule has 0 amide bonds. The second-order valence-electron chi connectivity index (χ2n) is 7.79. The maximum atomic E-state index is 13.4. The van der Waals surface area contributed by atoms with Crippen molar-refractivity contribution >= 4 is 39.7 Å². The van der Waals surface area contributed by atoms with Crippen LogP contribution in [0.4, 0.5) is 21.6 Å². The monoisotopic (exact) mass is 490 g/mol. The van der Waals surface area contributed by atoms with Crippen LogP contribution in [0.2, 0.25) is 5.02 Å². The molecule has 1 atom stereocenters. The quantitative estimate of drug-likeness (QED) is 0.216. The van der Waals surface area contributed by atoms with Gasteiger partial charge in [-0.3, -0.25) is 10.1 Å². The van der Waals surface area contributed by atoms with Crippen LogP contribution in [0, 0.1) is 15.9 Å². The van der Waals surface area contributed by atoms with Gasteiger partial charge in [0.15, 0.2) is 12.0 Å². The highest BCUT2D eigenvalue weighted by Crippen LogP contribution is 2.35. The first-order valence-electron chi connectivity index (χ1n) is 11.0. The molecule has 34 heavy (non-hydrogen) atoms. The maximum Gasteiger partial charge on any atom is 0.311 e. The van der Waals surface area contributed by atoms with Gasteiger partial charge in [0.2, 0.25) is 0 Å². The summed E-state index contributed by atoms with van der Waals surface area (Å²) in [7, 11) is 0. The Morgan fingerprint density at radius 1 is 1.21 bits per heavy atom. The second-order valence-corrected chi connectivity index (χ2v) is 8.20. The van der Waals surface area contributed by atoms with Crippen LogP contribution in [0.15, 0.2) is 36.7 Å². The lowest BCUT2D eigenvalue weighted by Crippen LogP contribution is -2.22. The average Bonchev–Trinajstić information content (AvgIpc) is 2.84. The Morgan fingerprint density at radius 3 is 2.82 bits per heavy atom. The largest absolute Gasteiger partial charge is 0.487 e. The zero-order chi connectivity index (χ0) is 23.9.